The molecule has 4 atom stereocenters. The zero-order chi connectivity index (χ0) is 14.2. The molecule has 0 unspecified atom stereocenters. The molecule has 0 aliphatic carbocycles. The van der Waals surface area contributed by atoms with E-state index < -0.39 is 23.1 Å². The topological polar surface area (TPSA) is 46.5 Å². The van der Waals surface area contributed by atoms with Crippen LogP contribution in [-0.4, -0.2) is 34.0 Å². The fraction of sp³-hybridized carbons (Fsp3) is 0.500. The Kier molecular flexibility index (Phi) is 4.51. The minimum absolute atomic E-state index is 0.0465. The lowest BCUT2D eigenvalue weighted by molar-refractivity contribution is -0.0876. The van der Waals surface area contributed by atoms with Gasteiger partial charge in [-0.1, -0.05) is 17.7 Å². The molecule has 1 fully saturated rings. The summed E-state index contributed by atoms with van der Waals surface area (Å²) < 4.78 is 5.22. The van der Waals surface area contributed by atoms with Crippen molar-refractivity contribution < 1.29 is 14.6 Å². The van der Waals surface area contributed by atoms with Gasteiger partial charge < -0.3 is 9.84 Å². The Labute approximate surface area is 122 Å². The highest BCUT2D eigenvalue weighted by Gasteiger charge is 2.42. The molecule has 0 saturated carbocycles. The Hall–Kier alpha value is -0.610. The van der Waals surface area contributed by atoms with Crippen LogP contribution in [0.3, 0.4) is 0 Å². The van der Waals surface area contributed by atoms with E-state index in [1.807, 2.05) is 32.0 Å². The van der Waals surface area contributed by atoms with Gasteiger partial charge in [0, 0.05) is 12.0 Å². The van der Waals surface area contributed by atoms with Gasteiger partial charge in [0.15, 0.2) is 12.1 Å². The average Bonchev–Trinajstić information content (AvgIpc) is 2.60. The maximum absolute atomic E-state index is 12.3. The van der Waals surface area contributed by atoms with E-state index in [1.54, 1.807) is 0 Å². The third-order valence-corrected chi connectivity index (χ3v) is 4.49. The van der Waals surface area contributed by atoms with Crippen molar-refractivity contribution in [1.82, 2.24) is 0 Å². The van der Waals surface area contributed by atoms with Crippen molar-refractivity contribution in [3.05, 3.63) is 34.9 Å². The Morgan fingerprint density at radius 2 is 2.00 bits per heavy atom. The van der Waals surface area contributed by atoms with Crippen LogP contribution in [-0.2, 0) is 4.74 Å². The van der Waals surface area contributed by atoms with Crippen molar-refractivity contribution in [2.24, 2.45) is 0 Å². The van der Waals surface area contributed by atoms with Gasteiger partial charge in [0.05, 0.1) is 11.5 Å². The zero-order valence-electron chi connectivity index (χ0n) is 10.8. The summed E-state index contributed by atoms with van der Waals surface area (Å²) in [5.41, 5.74) is 2.61. The summed E-state index contributed by atoms with van der Waals surface area (Å²) in [5, 5.41) is 8.22. The second kappa shape index (κ2) is 5.80. The predicted octanol–water partition coefficient (Wildman–Crippen LogP) is 2.81. The van der Waals surface area contributed by atoms with E-state index in [-0.39, 0.29) is 12.2 Å². The lowest BCUT2D eigenvalue weighted by atomic mass is 9.97. The summed E-state index contributed by atoms with van der Waals surface area (Å²) in [7, 11) is 0. The van der Waals surface area contributed by atoms with Gasteiger partial charge in [0.25, 0.3) is 0 Å². The second-order valence-electron chi connectivity index (χ2n) is 4.90. The molecule has 1 saturated heterocycles. The first-order valence-corrected chi connectivity index (χ1v) is 6.99. The Morgan fingerprint density at radius 1 is 1.32 bits per heavy atom. The quantitative estimate of drug-likeness (QED) is 0.690. The number of rotatable bonds is 3. The average molecular weight is 303 g/mol. The van der Waals surface area contributed by atoms with Gasteiger partial charge in [-0.15, -0.1) is 23.2 Å². The van der Waals surface area contributed by atoms with E-state index in [0.29, 0.717) is 5.56 Å². The molecule has 3 nitrogen and oxygen atoms in total. The number of aliphatic hydroxyl groups is 1. The van der Waals surface area contributed by atoms with Crippen molar-refractivity contribution in [3.63, 3.8) is 0 Å². The molecule has 0 bridgehead atoms. The Bertz CT molecular complexity index is 490. The molecule has 0 spiro atoms. The summed E-state index contributed by atoms with van der Waals surface area (Å²) in [6.45, 7) is 3.82. The first-order chi connectivity index (χ1) is 8.90. The van der Waals surface area contributed by atoms with E-state index >= 15 is 0 Å². The fourth-order valence-electron chi connectivity index (χ4n) is 2.18. The first kappa shape index (κ1) is 14.8. The van der Waals surface area contributed by atoms with Crippen molar-refractivity contribution in [2.75, 3.05) is 0 Å². The lowest BCUT2D eigenvalue weighted by Crippen LogP contribution is -2.25. The minimum Gasteiger partial charge on any atom is -0.367 e. The number of ether oxygens (including phenoxy) is 1. The van der Waals surface area contributed by atoms with Gasteiger partial charge in [-0.3, -0.25) is 4.79 Å². The molecule has 1 aromatic carbocycles. The summed E-state index contributed by atoms with van der Waals surface area (Å²) in [6, 6.07) is 5.72. The van der Waals surface area contributed by atoms with Crippen LogP contribution in [0.4, 0.5) is 0 Å². The van der Waals surface area contributed by atoms with Crippen LogP contribution >= 0.6 is 23.2 Å². The highest BCUT2D eigenvalue weighted by molar-refractivity contribution is 6.31. The standard InChI is InChI=1S/C14H16Cl2O3/c1-7-3-4-8(2)9(5-7)10(17)6-11-12(15)13(16)14(18)19-11/h3-5,11-14,18H,6H2,1-2H3/t11-,12+,13-,14+/m0/s1. The number of hydrogen-bond acceptors (Lipinski definition) is 3. The number of aliphatic hydroxyl groups excluding tert-OH is 1. The van der Waals surface area contributed by atoms with E-state index in [2.05, 4.69) is 0 Å². The number of ketones is 1. The highest BCUT2D eigenvalue weighted by atomic mass is 35.5. The Morgan fingerprint density at radius 3 is 2.58 bits per heavy atom. The number of alkyl halides is 2. The molecule has 5 heteroatoms. The molecule has 1 aliphatic rings. The summed E-state index contributed by atoms with van der Waals surface area (Å²) >= 11 is 11.9. The molecule has 0 aromatic heterocycles. The predicted molar refractivity (Wildman–Crippen MR) is 75.0 cm³/mol. The van der Waals surface area contributed by atoms with Crippen LogP contribution in [0.1, 0.15) is 27.9 Å². The highest BCUT2D eigenvalue weighted by Crippen LogP contribution is 2.31. The maximum atomic E-state index is 12.3. The number of carbonyl (C=O) groups excluding carboxylic acids is 1. The van der Waals surface area contributed by atoms with Crippen LogP contribution in [0.15, 0.2) is 18.2 Å². The van der Waals surface area contributed by atoms with E-state index in [1.165, 1.54) is 0 Å². The molecule has 0 radical (unpaired) electrons. The smallest absolute Gasteiger partial charge is 0.172 e. The van der Waals surface area contributed by atoms with E-state index in [4.69, 9.17) is 27.9 Å². The van der Waals surface area contributed by atoms with Gasteiger partial charge in [0.1, 0.15) is 5.38 Å². The zero-order valence-corrected chi connectivity index (χ0v) is 12.3. The molecule has 19 heavy (non-hydrogen) atoms. The molecule has 1 aromatic rings. The summed E-state index contributed by atoms with van der Waals surface area (Å²) in [6.07, 6.45) is -1.54. The Balaban J connectivity index is 2.12. The second-order valence-corrected chi connectivity index (χ2v) is 5.91. The molecular formula is C14H16Cl2O3. The molecule has 0 amide bonds. The number of aryl methyl sites for hydroxylation is 2. The first-order valence-electron chi connectivity index (χ1n) is 6.12. The number of halogens is 2. The van der Waals surface area contributed by atoms with Crippen molar-refractivity contribution in [3.8, 4) is 0 Å². The van der Waals surface area contributed by atoms with Crippen molar-refractivity contribution in [1.29, 1.82) is 0 Å². The van der Waals surface area contributed by atoms with Crippen LogP contribution < -0.4 is 0 Å². The largest absolute Gasteiger partial charge is 0.367 e. The molecule has 104 valence electrons. The van der Waals surface area contributed by atoms with Gasteiger partial charge in [0.2, 0.25) is 0 Å². The molecule has 1 N–H and O–H groups in total. The maximum Gasteiger partial charge on any atom is 0.172 e. The minimum atomic E-state index is -1.11. The van der Waals surface area contributed by atoms with Crippen molar-refractivity contribution in [2.45, 2.75) is 43.4 Å². The van der Waals surface area contributed by atoms with Gasteiger partial charge in [-0.05, 0) is 25.5 Å². The number of Topliss-reactive ketones (excluding diaryl/α,β-unsaturated/α-hetero) is 1. The molecule has 2 rings (SSSR count). The summed E-state index contributed by atoms with van der Waals surface area (Å²) in [4.78, 5) is 12.3. The fourth-order valence-corrected chi connectivity index (χ4v) is 2.68. The lowest BCUT2D eigenvalue weighted by Gasteiger charge is -2.13. The van der Waals surface area contributed by atoms with E-state index in [0.717, 1.165) is 11.1 Å². The van der Waals surface area contributed by atoms with Crippen LogP contribution in [0, 0.1) is 13.8 Å². The number of hydrogen-bond donors (Lipinski definition) is 1. The molecule has 1 heterocycles. The van der Waals surface area contributed by atoms with E-state index in [9.17, 15) is 9.90 Å². The van der Waals surface area contributed by atoms with Crippen LogP contribution in [0.5, 0.6) is 0 Å². The monoisotopic (exact) mass is 302 g/mol. The SMILES string of the molecule is Cc1ccc(C)c(C(=O)C[C@@H]2O[C@@H](O)[C@@H](Cl)[C@@H]2Cl)c1. The van der Waals surface area contributed by atoms with Crippen molar-refractivity contribution >= 4 is 29.0 Å². The third-order valence-electron chi connectivity index (χ3n) is 3.33. The van der Waals surface area contributed by atoms with Crippen LogP contribution in [0.25, 0.3) is 0 Å². The van der Waals surface area contributed by atoms with Gasteiger partial charge >= 0.3 is 0 Å². The molecule has 1 aliphatic heterocycles. The van der Waals surface area contributed by atoms with Gasteiger partial charge in [-0.2, -0.15) is 0 Å². The third kappa shape index (κ3) is 3.11. The normalized spacial score (nSPS) is 30.6. The molecular weight excluding hydrogens is 287 g/mol. The summed E-state index contributed by atoms with van der Waals surface area (Å²) in [5.74, 6) is -0.0465. The number of benzene rings is 1. The van der Waals surface area contributed by atoms with Gasteiger partial charge in [-0.25, -0.2) is 0 Å². The number of carbonyl (C=O) groups is 1. The van der Waals surface area contributed by atoms with Crippen LogP contribution in [0.2, 0.25) is 0 Å².